The van der Waals surface area contributed by atoms with E-state index < -0.39 is 0 Å². The number of hydrogen-bond acceptors (Lipinski definition) is 1. The van der Waals surface area contributed by atoms with Gasteiger partial charge in [0.05, 0.1) is 11.5 Å². The maximum atomic E-state index is 13.1. The van der Waals surface area contributed by atoms with Crippen LogP contribution in [0.2, 0.25) is 0 Å². The van der Waals surface area contributed by atoms with Gasteiger partial charge in [0.15, 0.2) is 0 Å². The molecule has 0 unspecified atom stereocenters. The summed E-state index contributed by atoms with van der Waals surface area (Å²) < 4.78 is 13.1. The molecule has 1 fully saturated rings. The molecular weight excluding hydrogens is 213 g/mol. The minimum atomic E-state index is -0.264. The molecule has 90 valence electrons. The van der Waals surface area contributed by atoms with Crippen LogP contribution in [0.15, 0.2) is 24.3 Å². The SMILES string of the molecule is CC1CCC(C#N)(Cc2cccc(F)c2)CC1. The maximum absolute atomic E-state index is 13.1. The average Bonchev–Trinajstić information content (AvgIpc) is 2.33. The third-order valence-electron chi connectivity index (χ3n) is 3.90. The Morgan fingerprint density at radius 1 is 1.41 bits per heavy atom. The lowest BCUT2D eigenvalue weighted by Gasteiger charge is -2.33. The van der Waals surface area contributed by atoms with Crippen molar-refractivity contribution >= 4 is 0 Å². The Balaban J connectivity index is 2.13. The summed E-state index contributed by atoms with van der Waals surface area (Å²) in [6, 6.07) is 9.13. The van der Waals surface area contributed by atoms with E-state index in [1.165, 1.54) is 6.07 Å². The van der Waals surface area contributed by atoms with Crippen LogP contribution in [0, 0.1) is 28.5 Å². The highest BCUT2D eigenvalue weighted by atomic mass is 19.1. The zero-order valence-electron chi connectivity index (χ0n) is 10.2. The smallest absolute Gasteiger partial charge is 0.123 e. The van der Waals surface area contributed by atoms with Crippen molar-refractivity contribution in [3.8, 4) is 6.07 Å². The van der Waals surface area contributed by atoms with Crippen LogP contribution in [-0.2, 0) is 6.42 Å². The van der Waals surface area contributed by atoms with Gasteiger partial charge in [-0.3, -0.25) is 0 Å². The fourth-order valence-electron chi connectivity index (χ4n) is 2.68. The second kappa shape index (κ2) is 4.87. The lowest BCUT2D eigenvalue weighted by atomic mass is 9.69. The fourth-order valence-corrected chi connectivity index (χ4v) is 2.68. The highest BCUT2D eigenvalue weighted by Gasteiger charge is 2.34. The van der Waals surface area contributed by atoms with Gasteiger partial charge < -0.3 is 0 Å². The summed E-state index contributed by atoms with van der Waals surface area (Å²) in [4.78, 5) is 0. The number of nitrogens with zero attached hydrogens (tertiary/aromatic N) is 1. The third kappa shape index (κ3) is 2.85. The monoisotopic (exact) mass is 231 g/mol. The quantitative estimate of drug-likeness (QED) is 0.752. The molecule has 1 aromatic carbocycles. The van der Waals surface area contributed by atoms with Crippen molar-refractivity contribution in [3.05, 3.63) is 35.6 Å². The summed E-state index contributed by atoms with van der Waals surface area (Å²) in [5, 5.41) is 9.41. The first kappa shape index (κ1) is 12.1. The molecule has 0 N–H and O–H groups in total. The topological polar surface area (TPSA) is 23.8 Å². The Morgan fingerprint density at radius 2 is 2.12 bits per heavy atom. The van der Waals surface area contributed by atoms with Crippen LogP contribution in [0.1, 0.15) is 38.2 Å². The number of hydrogen-bond donors (Lipinski definition) is 0. The normalized spacial score (nSPS) is 28.6. The minimum absolute atomic E-state index is 0.209. The van der Waals surface area contributed by atoms with Crippen molar-refractivity contribution < 1.29 is 4.39 Å². The van der Waals surface area contributed by atoms with Crippen LogP contribution < -0.4 is 0 Å². The Hall–Kier alpha value is -1.36. The third-order valence-corrected chi connectivity index (χ3v) is 3.90. The van der Waals surface area contributed by atoms with Crippen molar-refractivity contribution in [2.75, 3.05) is 0 Å². The Bertz CT molecular complexity index is 425. The molecule has 0 spiro atoms. The minimum Gasteiger partial charge on any atom is -0.207 e. The van der Waals surface area contributed by atoms with Crippen LogP contribution in [0.25, 0.3) is 0 Å². The van der Waals surface area contributed by atoms with Crippen molar-refractivity contribution in [1.82, 2.24) is 0 Å². The molecular formula is C15H18FN. The molecule has 1 aliphatic carbocycles. The van der Waals surface area contributed by atoms with Crippen LogP contribution >= 0.6 is 0 Å². The van der Waals surface area contributed by atoms with Crippen molar-refractivity contribution in [3.63, 3.8) is 0 Å². The summed E-state index contributed by atoms with van der Waals surface area (Å²) in [5.41, 5.74) is 0.682. The van der Waals surface area contributed by atoms with Gasteiger partial charge in [-0.1, -0.05) is 19.1 Å². The lowest BCUT2D eigenvalue weighted by molar-refractivity contribution is 0.218. The van der Waals surface area contributed by atoms with E-state index in [1.54, 1.807) is 12.1 Å². The van der Waals surface area contributed by atoms with Crippen molar-refractivity contribution in [2.45, 2.75) is 39.0 Å². The van der Waals surface area contributed by atoms with Crippen LogP contribution in [0.3, 0.4) is 0 Å². The number of benzene rings is 1. The molecule has 1 nitrogen and oxygen atoms in total. The molecule has 0 amide bonds. The van der Waals surface area contributed by atoms with Gasteiger partial charge in [0.25, 0.3) is 0 Å². The predicted molar refractivity (Wildman–Crippen MR) is 65.8 cm³/mol. The van der Waals surface area contributed by atoms with Gasteiger partial charge in [0.1, 0.15) is 5.82 Å². The van der Waals surface area contributed by atoms with Gasteiger partial charge in [-0.15, -0.1) is 0 Å². The summed E-state index contributed by atoms with van der Waals surface area (Å²) in [5.74, 6) is 0.517. The van der Waals surface area contributed by atoms with E-state index in [-0.39, 0.29) is 11.2 Å². The maximum Gasteiger partial charge on any atom is 0.123 e. The molecule has 2 rings (SSSR count). The first-order valence-corrected chi connectivity index (χ1v) is 6.29. The van der Waals surface area contributed by atoms with Crippen molar-refractivity contribution in [2.24, 2.45) is 11.3 Å². The van der Waals surface area contributed by atoms with Gasteiger partial charge in [-0.05, 0) is 55.7 Å². The predicted octanol–water partition coefficient (Wildman–Crippen LogP) is 4.09. The van der Waals surface area contributed by atoms with Gasteiger partial charge >= 0.3 is 0 Å². The summed E-state index contributed by atoms with van der Waals surface area (Å²) >= 11 is 0. The van der Waals surface area contributed by atoms with Crippen LogP contribution in [0.5, 0.6) is 0 Å². The van der Waals surface area contributed by atoms with Crippen LogP contribution in [0.4, 0.5) is 4.39 Å². The first-order valence-electron chi connectivity index (χ1n) is 6.29. The first-order chi connectivity index (χ1) is 8.13. The molecule has 0 aromatic heterocycles. The van der Waals surface area contributed by atoms with Gasteiger partial charge in [-0.2, -0.15) is 5.26 Å². The summed E-state index contributed by atoms with van der Waals surface area (Å²) in [6.07, 6.45) is 4.81. The zero-order valence-corrected chi connectivity index (χ0v) is 10.2. The Labute approximate surface area is 102 Å². The fraction of sp³-hybridized carbons (Fsp3) is 0.533. The number of rotatable bonds is 2. The molecule has 1 aliphatic rings. The lowest BCUT2D eigenvalue weighted by Crippen LogP contribution is -2.27. The van der Waals surface area contributed by atoms with E-state index in [9.17, 15) is 9.65 Å². The van der Waals surface area contributed by atoms with Crippen molar-refractivity contribution in [1.29, 1.82) is 5.26 Å². The number of nitriles is 1. The molecule has 0 bridgehead atoms. The van der Waals surface area contributed by atoms with Gasteiger partial charge in [0.2, 0.25) is 0 Å². The molecule has 2 heteroatoms. The molecule has 0 heterocycles. The Morgan fingerprint density at radius 3 is 2.71 bits per heavy atom. The molecule has 1 saturated carbocycles. The van der Waals surface area contributed by atoms with E-state index in [0.29, 0.717) is 6.42 Å². The molecule has 0 radical (unpaired) electrons. The van der Waals surface area contributed by atoms with E-state index in [4.69, 9.17) is 0 Å². The second-order valence-electron chi connectivity index (χ2n) is 5.38. The average molecular weight is 231 g/mol. The van der Waals surface area contributed by atoms with E-state index in [1.807, 2.05) is 6.07 Å². The Kier molecular flexibility index (Phi) is 3.47. The zero-order chi connectivity index (χ0) is 12.3. The highest BCUT2D eigenvalue weighted by Crippen LogP contribution is 2.40. The van der Waals surface area contributed by atoms with Gasteiger partial charge in [-0.25, -0.2) is 4.39 Å². The second-order valence-corrected chi connectivity index (χ2v) is 5.38. The molecule has 0 saturated heterocycles. The summed E-state index contributed by atoms with van der Waals surface area (Å²) in [7, 11) is 0. The highest BCUT2D eigenvalue weighted by molar-refractivity contribution is 5.20. The molecule has 0 atom stereocenters. The number of halogens is 1. The largest absolute Gasteiger partial charge is 0.207 e. The molecule has 17 heavy (non-hydrogen) atoms. The van der Waals surface area contributed by atoms with E-state index in [2.05, 4.69) is 13.0 Å². The molecule has 0 aliphatic heterocycles. The van der Waals surface area contributed by atoms with E-state index >= 15 is 0 Å². The standard InChI is InChI=1S/C15H18FN/c1-12-5-7-15(11-17,8-6-12)10-13-3-2-4-14(16)9-13/h2-4,9,12H,5-8,10H2,1H3. The van der Waals surface area contributed by atoms with Gasteiger partial charge in [0, 0.05) is 0 Å². The van der Waals surface area contributed by atoms with E-state index in [0.717, 1.165) is 37.2 Å². The summed E-state index contributed by atoms with van der Waals surface area (Å²) in [6.45, 7) is 2.24. The molecule has 1 aromatic rings. The van der Waals surface area contributed by atoms with Crippen LogP contribution in [-0.4, -0.2) is 0 Å².